The second kappa shape index (κ2) is 4.32. The van der Waals surface area contributed by atoms with E-state index in [9.17, 15) is 18.3 Å². The third-order valence-electron chi connectivity index (χ3n) is 1.92. The average Bonchev–Trinajstić information content (AvgIpc) is 2.16. The molecule has 0 radical (unpaired) electrons. The highest BCUT2D eigenvalue weighted by Gasteiger charge is 2.39. The van der Waals surface area contributed by atoms with Gasteiger partial charge in [-0.3, -0.25) is 0 Å². The SMILES string of the molecule is CSc1ccc(O)c([C@H](N)C(F)(F)F)c1. The second-order valence-corrected chi connectivity index (χ2v) is 3.82. The topological polar surface area (TPSA) is 46.2 Å². The Hall–Kier alpha value is -0.880. The number of benzene rings is 1. The predicted molar refractivity (Wildman–Crippen MR) is 52.9 cm³/mol. The van der Waals surface area contributed by atoms with Crippen molar-refractivity contribution in [3.05, 3.63) is 23.8 Å². The fraction of sp³-hybridized carbons (Fsp3) is 0.333. The minimum Gasteiger partial charge on any atom is -0.508 e. The van der Waals surface area contributed by atoms with Gasteiger partial charge in [0.15, 0.2) is 0 Å². The Labute approximate surface area is 89.3 Å². The van der Waals surface area contributed by atoms with Crippen LogP contribution in [0.3, 0.4) is 0 Å². The van der Waals surface area contributed by atoms with Crippen molar-refractivity contribution < 1.29 is 18.3 Å². The molecule has 0 spiro atoms. The van der Waals surface area contributed by atoms with Crippen molar-refractivity contribution >= 4 is 11.8 Å². The molecule has 0 aromatic heterocycles. The lowest BCUT2D eigenvalue weighted by Crippen LogP contribution is -2.28. The molecular weight excluding hydrogens is 227 g/mol. The third kappa shape index (κ3) is 2.79. The van der Waals surface area contributed by atoms with Crippen LogP contribution in [0, 0.1) is 0 Å². The molecule has 1 aromatic carbocycles. The maximum Gasteiger partial charge on any atom is 0.407 e. The van der Waals surface area contributed by atoms with Gasteiger partial charge in [0.2, 0.25) is 0 Å². The maximum atomic E-state index is 12.3. The highest BCUT2D eigenvalue weighted by atomic mass is 32.2. The summed E-state index contributed by atoms with van der Waals surface area (Å²) in [6.45, 7) is 0. The first kappa shape index (κ1) is 12.2. The highest BCUT2D eigenvalue weighted by Crippen LogP contribution is 2.36. The number of halogens is 3. The maximum absolute atomic E-state index is 12.3. The standard InChI is InChI=1S/C9H10F3NOS/c1-15-5-2-3-7(14)6(4-5)8(13)9(10,11)12/h2-4,8,14H,13H2,1H3/t8-/m0/s1. The van der Waals surface area contributed by atoms with Crippen molar-refractivity contribution in [3.63, 3.8) is 0 Å². The monoisotopic (exact) mass is 237 g/mol. The number of alkyl halides is 3. The van der Waals surface area contributed by atoms with Gasteiger partial charge in [-0.2, -0.15) is 13.2 Å². The van der Waals surface area contributed by atoms with Crippen LogP contribution in [0.1, 0.15) is 11.6 Å². The highest BCUT2D eigenvalue weighted by molar-refractivity contribution is 7.98. The summed E-state index contributed by atoms with van der Waals surface area (Å²) in [5.41, 5.74) is 4.71. The number of aromatic hydroxyl groups is 1. The van der Waals surface area contributed by atoms with Crippen molar-refractivity contribution in [2.24, 2.45) is 5.73 Å². The number of hydrogen-bond donors (Lipinski definition) is 2. The van der Waals surface area contributed by atoms with Gasteiger partial charge < -0.3 is 10.8 Å². The lowest BCUT2D eigenvalue weighted by Gasteiger charge is -2.17. The van der Waals surface area contributed by atoms with Crippen LogP contribution >= 0.6 is 11.8 Å². The van der Waals surface area contributed by atoms with Crippen LogP contribution in [-0.2, 0) is 0 Å². The zero-order valence-corrected chi connectivity index (χ0v) is 8.69. The van der Waals surface area contributed by atoms with Crippen molar-refractivity contribution in [3.8, 4) is 5.75 Å². The first-order chi connectivity index (χ1) is 6.86. The average molecular weight is 237 g/mol. The van der Waals surface area contributed by atoms with E-state index in [1.54, 1.807) is 6.26 Å². The molecule has 1 atom stereocenters. The minimum atomic E-state index is -4.55. The third-order valence-corrected chi connectivity index (χ3v) is 2.65. The first-order valence-electron chi connectivity index (χ1n) is 4.05. The Kier molecular flexibility index (Phi) is 3.51. The molecule has 1 rings (SSSR count). The molecular formula is C9H10F3NOS. The molecule has 1 aromatic rings. The van der Waals surface area contributed by atoms with E-state index in [4.69, 9.17) is 5.73 Å². The van der Waals surface area contributed by atoms with Gasteiger partial charge in [-0.1, -0.05) is 0 Å². The van der Waals surface area contributed by atoms with Crippen LogP contribution in [0.2, 0.25) is 0 Å². The van der Waals surface area contributed by atoms with Gasteiger partial charge in [0.05, 0.1) is 0 Å². The summed E-state index contributed by atoms with van der Waals surface area (Å²) in [6, 6.07) is 1.85. The molecule has 2 nitrogen and oxygen atoms in total. The smallest absolute Gasteiger partial charge is 0.407 e. The largest absolute Gasteiger partial charge is 0.508 e. The number of nitrogens with two attached hydrogens (primary N) is 1. The summed E-state index contributed by atoms with van der Waals surface area (Å²) in [4.78, 5) is 0.627. The summed E-state index contributed by atoms with van der Waals surface area (Å²) >= 11 is 1.29. The van der Waals surface area contributed by atoms with Crippen LogP contribution < -0.4 is 5.73 Å². The molecule has 0 amide bonds. The molecule has 0 aliphatic carbocycles. The zero-order valence-electron chi connectivity index (χ0n) is 7.88. The van der Waals surface area contributed by atoms with Crippen molar-refractivity contribution in [1.82, 2.24) is 0 Å². The van der Waals surface area contributed by atoms with Crippen LogP contribution in [0.4, 0.5) is 13.2 Å². The molecule has 0 aliphatic heterocycles. The fourth-order valence-corrected chi connectivity index (χ4v) is 1.53. The summed E-state index contributed by atoms with van der Waals surface area (Å²) in [5, 5.41) is 9.27. The van der Waals surface area contributed by atoms with Gasteiger partial charge in [0, 0.05) is 10.5 Å². The molecule has 0 unspecified atom stereocenters. The van der Waals surface area contributed by atoms with Crippen LogP contribution in [0.5, 0.6) is 5.75 Å². The molecule has 0 saturated heterocycles. The summed E-state index contributed by atoms with van der Waals surface area (Å²) in [5.74, 6) is -0.433. The van der Waals surface area contributed by atoms with Crippen LogP contribution in [0.15, 0.2) is 23.1 Å². The lowest BCUT2D eigenvalue weighted by molar-refractivity contribution is -0.149. The molecule has 3 N–H and O–H groups in total. The molecule has 6 heteroatoms. The Morgan fingerprint density at radius 2 is 2.00 bits per heavy atom. The van der Waals surface area contributed by atoms with Crippen LogP contribution in [0.25, 0.3) is 0 Å². The van der Waals surface area contributed by atoms with E-state index in [0.717, 1.165) is 0 Å². The number of thioether (sulfide) groups is 1. The molecule has 0 aliphatic rings. The van der Waals surface area contributed by atoms with Gasteiger partial charge in [0.1, 0.15) is 11.8 Å². The van der Waals surface area contributed by atoms with Gasteiger partial charge in [-0.05, 0) is 24.5 Å². The normalized spacial score (nSPS) is 13.9. The predicted octanol–water partition coefficient (Wildman–Crippen LogP) is 2.68. The number of phenolic OH excluding ortho intramolecular Hbond substituents is 1. The Morgan fingerprint density at radius 3 is 2.47 bits per heavy atom. The van der Waals surface area contributed by atoms with E-state index in [2.05, 4.69) is 0 Å². The first-order valence-corrected chi connectivity index (χ1v) is 5.28. The quantitative estimate of drug-likeness (QED) is 0.777. The fourth-order valence-electron chi connectivity index (χ4n) is 1.09. The zero-order chi connectivity index (χ0) is 11.6. The second-order valence-electron chi connectivity index (χ2n) is 2.94. The van der Waals surface area contributed by atoms with Crippen molar-refractivity contribution in [2.45, 2.75) is 17.1 Å². The number of phenols is 1. The summed E-state index contributed by atoms with van der Waals surface area (Å²) in [7, 11) is 0. The molecule has 0 heterocycles. The van der Waals surface area contributed by atoms with Gasteiger partial charge >= 0.3 is 6.18 Å². The van der Waals surface area contributed by atoms with E-state index in [1.807, 2.05) is 0 Å². The lowest BCUT2D eigenvalue weighted by atomic mass is 10.1. The Balaban J connectivity index is 3.12. The Bertz CT molecular complexity index is 354. The molecule has 15 heavy (non-hydrogen) atoms. The molecule has 84 valence electrons. The number of rotatable bonds is 2. The van der Waals surface area contributed by atoms with Crippen molar-refractivity contribution in [2.75, 3.05) is 6.26 Å². The van der Waals surface area contributed by atoms with Crippen LogP contribution in [-0.4, -0.2) is 17.5 Å². The molecule has 0 bridgehead atoms. The van der Waals surface area contributed by atoms with E-state index in [-0.39, 0.29) is 5.56 Å². The van der Waals surface area contributed by atoms with E-state index >= 15 is 0 Å². The molecule has 0 fully saturated rings. The van der Waals surface area contributed by atoms with Gasteiger partial charge in [-0.25, -0.2) is 0 Å². The summed E-state index contributed by atoms with van der Waals surface area (Å²) < 4.78 is 36.9. The van der Waals surface area contributed by atoms with E-state index < -0.39 is 18.0 Å². The van der Waals surface area contributed by atoms with Crippen molar-refractivity contribution in [1.29, 1.82) is 0 Å². The van der Waals surface area contributed by atoms with Gasteiger partial charge in [0.25, 0.3) is 0 Å². The van der Waals surface area contributed by atoms with E-state index in [1.165, 1.54) is 30.0 Å². The summed E-state index contributed by atoms with van der Waals surface area (Å²) in [6.07, 6.45) is -2.82. The molecule has 0 saturated carbocycles. The minimum absolute atomic E-state index is 0.297. The van der Waals surface area contributed by atoms with E-state index in [0.29, 0.717) is 4.90 Å². The number of hydrogen-bond acceptors (Lipinski definition) is 3. The van der Waals surface area contributed by atoms with Gasteiger partial charge in [-0.15, -0.1) is 11.8 Å². The Morgan fingerprint density at radius 1 is 1.40 bits per heavy atom.